The van der Waals surface area contributed by atoms with E-state index in [1.165, 1.54) is 0 Å². The standard InChI is InChI=1S/C14H20N2O2/c1-10-4-5-13(15)11(7-10)8-14(17)16-9-12-3-2-6-18-12/h4-5,7,12H,2-3,6,8-9,15H2,1H3,(H,16,17). The third-order valence-electron chi connectivity index (χ3n) is 3.20. The third kappa shape index (κ3) is 3.47. The minimum Gasteiger partial charge on any atom is -0.398 e. The maximum absolute atomic E-state index is 11.8. The van der Waals surface area contributed by atoms with Crippen LogP contribution in [0, 0.1) is 6.92 Å². The van der Waals surface area contributed by atoms with E-state index in [-0.39, 0.29) is 12.0 Å². The van der Waals surface area contributed by atoms with Gasteiger partial charge in [0.25, 0.3) is 0 Å². The highest BCUT2D eigenvalue weighted by molar-refractivity contribution is 5.80. The fourth-order valence-corrected chi connectivity index (χ4v) is 2.16. The van der Waals surface area contributed by atoms with E-state index in [1.807, 2.05) is 25.1 Å². The molecule has 4 nitrogen and oxygen atoms in total. The predicted octanol–water partition coefficient (Wildman–Crippen LogP) is 1.41. The summed E-state index contributed by atoms with van der Waals surface area (Å²) in [5.41, 5.74) is 8.53. The number of anilines is 1. The Morgan fingerprint density at radius 3 is 3.11 bits per heavy atom. The van der Waals surface area contributed by atoms with Gasteiger partial charge in [-0.15, -0.1) is 0 Å². The summed E-state index contributed by atoms with van der Waals surface area (Å²) in [7, 11) is 0. The smallest absolute Gasteiger partial charge is 0.224 e. The molecule has 1 fully saturated rings. The van der Waals surface area contributed by atoms with Crippen LogP contribution in [0.25, 0.3) is 0 Å². The zero-order valence-electron chi connectivity index (χ0n) is 10.7. The van der Waals surface area contributed by atoms with Crippen LogP contribution in [-0.4, -0.2) is 25.2 Å². The summed E-state index contributed by atoms with van der Waals surface area (Å²) in [6, 6.07) is 5.75. The Balaban J connectivity index is 1.84. The number of hydrogen-bond acceptors (Lipinski definition) is 3. The van der Waals surface area contributed by atoms with Gasteiger partial charge in [-0.2, -0.15) is 0 Å². The number of carbonyl (C=O) groups excluding carboxylic acids is 1. The summed E-state index contributed by atoms with van der Waals surface area (Å²) in [6.07, 6.45) is 2.64. The second-order valence-corrected chi connectivity index (χ2v) is 4.82. The lowest BCUT2D eigenvalue weighted by Crippen LogP contribution is -2.32. The summed E-state index contributed by atoms with van der Waals surface area (Å²) in [4.78, 5) is 11.8. The summed E-state index contributed by atoms with van der Waals surface area (Å²) < 4.78 is 5.46. The van der Waals surface area contributed by atoms with Crippen molar-refractivity contribution in [3.63, 3.8) is 0 Å². The molecule has 2 rings (SSSR count). The number of nitrogens with one attached hydrogen (secondary N) is 1. The van der Waals surface area contributed by atoms with Crippen LogP contribution in [0.2, 0.25) is 0 Å². The summed E-state index contributed by atoms with van der Waals surface area (Å²) >= 11 is 0. The summed E-state index contributed by atoms with van der Waals surface area (Å²) in [6.45, 7) is 3.41. The van der Waals surface area contributed by atoms with Gasteiger partial charge in [-0.3, -0.25) is 4.79 Å². The van der Waals surface area contributed by atoms with E-state index in [1.54, 1.807) is 0 Å². The van der Waals surface area contributed by atoms with Crippen molar-refractivity contribution >= 4 is 11.6 Å². The van der Waals surface area contributed by atoms with Crippen molar-refractivity contribution in [3.05, 3.63) is 29.3 Å². The molecule has 1 aromatic rings. The molecule has 1 saturated heterocycles. The molecule has 3 N–H and O–H groups in total. The van der Waals surface area contributed by atoms with E-state index in [2.05, 4.69) is 5.32 Å². The molecule has 1 aliphatic rings. The van der Waals surface area contributed by atoms with Crippen LogP contribution in [0.1, 0.15) is 24.0 Å². The van der Waals surface area contributed by atoms with E-state index >= 15 is 0 Å². The average Bonchev–Trinajstić information content (AvgIpc) is 2.84. The van der Waals surface area contributed by atoms with Crippen molar-refractivity contribution in [2.45, 2.75) is 32.3 Å². The average molecular weight is 248 g/mol. The fraction of sp³-hybridized carbons (Fsp3) is 0.500. The molecule has 1 amide bonds. The van der Waals surface area contributed by atoms with Gasteiger partial charge >= 0.3 is 0 Å². The number of benzene rings is 1. The molecule has 0 aromatic heterocycles. The number of aryl methyl sites for hydroxylation is 1. The van der Waals surface area contributed by atoms with Crippen LogP contribution >= 0.6 is 0 Å². The zero-order chi connectivity index (χ0) is 13.0. The molecule has 1 atom stereocenters. The quantitative estimate of drug-likeness (QED) is 0.792. The zero-order valence-corrected chi connectivity index (χ0v) is 10.7. The highest BCUT2D eigenvalue weighted by atomic mass is 16.5. The number of hydrogen-bond donors (Lipinski definition) is 2. The van der Waals surface area contributed by atoms with Crippen molar-refractivity contribution < 1.29 is 9.53 Å². The molecule has 1 aromatic carbocycles. The lowest BCUT2D eigenvalue weighted by molar-refractivity contribution is -0.120. The second kappa shape index (κ2) is 5.87. The normalized spacial score (nSPS) is 18.8. The maximum Gasteiger partial charge on any atom is 0.224 e. The maximum atomic E-state index is 11.8. The number of nitrogen functional groups attached to an aromatic ring is 1. The van der Waals surface area contributed by atoms with Crippen LogP contribution in [0.4, 0.5) is 5.69 Å². The number of amides is 1. The van der Waals surface area contributed by atoms with Crippen molar-refractivity contribution in [1.29, 1.82) is 0 Å². The molecule has 4 heteroatoms. The summed E-state index contributed by atoms with van der Waals surface area (Å²) in [5.74, 6) is 0.00259. The van der Waals surface area contributed by atoms with Gasteiger partial charge < -0.3 is 15.8 Å². The van der Waals surface area contributed by atoms with Crippen molar-refractivity contribution in [2.75, 3.05) is 18.9 Å². The monoisotopic (exact) mass is 248 g/mol. The number of nitrogens with two attached hydrogens (primary N) is 1. The molecule has 1 unspecified atom stereocenters. The first kappa shape index (κ1) is 12.9. The molecule has 18 heavy (non-hydrogen) atoms. The van der Waals surface area contributed by atoms with E-state index in [4.69, 9.17) is 10.5 Å². The highest BCUT2D eigenvalue weighted by Crippen LogP contribution is 2.14. The first-order valence-corrected chi connectivity index (χ1v) is 6.38. The molecule has 0 bridgehead atoms. The lowest BCUT2D eigenvalue weighted by atomic mass is 10.1. The van der Waals surface area contributed by atoms with Crippen molar-refractivity contribution in [3.8, 4) is 0 Å². The van der Waals surface area contributed by atoms with Crippen LogP contribution in [0.3, 0.4) is 0 Å². The SMILES string of the molecule is Cc1ccc(N)c(CC(=O)NCC2CCCO2)c1. The van der Waals surface area contributed by atoms with Crippen LogP contribution in [0.5, 0.6) is 0 Å². The minimum atomic E-state index is 0.00259. The molecular formula is C14H20N2O2. The molecule has 98 valence electrons. The highest BCUT2D eigenvalue weighted by Gasteiger charge is 2.16. The molecule has 1 heterocycles. The third-order valence-corrected chi connectivity index (χ3v) is 3.20. The Morgan fingerprint density at radius 2 is 2.39 bits per heavy atom. The van der Waals surface area contributed by atoms with Crippen molar-refractivity contribution in [1.82, 2.24) is 5.32 Å². The Hall–Kier alpha value is -1.55. The van der Waals surface area contributed by atoms with Crippen molar-refractivity contribution in [2.24, 2.45) is 0 Å². The predicted molar refractivity (Wildman–Crippen MR) is 71.3 cm³/mol. The van der Waals surface area contributed by atoms with Gasteiger partial charge in [0.1, 0.15) is 0 Å². The first-order valence-electron chi connectivity index (χ1n) is 6.38. The van der Waals surface area contributed by atoms with Crippen LogP contribution in [-0.2, 0) is 16.0 Å². The molecule has 0 spiro atoms. The number of rotatable bonds is 4. The molecule has 1 aliphatic heterocycles. The van der Waals surface area contributed by atoms with Gasteiger partial charge in [0.15, 0.2) is 0 Å². The van der Waals surface area contributed by atoms with Gasteiger partial charge in [-0.1, -0.05) is 17.7 Å². The van der Waals surface area contributed by atoms with Gasteiger partial charge in [0.2, 0.25) is 5.91 Å². The molecule has 0 saturated carbocycles. The Labute approximate surface area is 108 Å². The topological polar surface area (TPSA) is 64.4 Å². The van der Waals surface area contributed by atoms with Crippen LogP contribution in [0.15, 0.2) is 18.2 Å². The molecule has 0 radical (unpaired) electrons. The first-order chi connectivity index (χ1) is 8.65. The largest absolute Gasteiger partial charge is 0.398 e. The Morgan fingerprint density at radius 1 is 1.56 bits per heavy atom. The van der Waals surface area contributed by atoms with Gasteiger partial charge in [0, 0.05) is 18.8 Å². The Kier molecular flexibility index (Phi) is 4.20. The van der Waals surface area contributed by atoms with E-state index < -0.39 is 0 Å². The van der Waals surface area contributed by atoms with E-state index in [0.29, 0.717) is 18.7 Å². The van der Waals surface area contributed by atoms with Gasteiger partial charge in [-0.05, 0) is 31.4 Å². The molecule has 0 aliphatic carbocycles. The Bertz CT molecular complexity index is 426. The number of carbonyl (C=O) groups is 1. The summed E-state index contributed by atoms with van der Waals surface area (Å²) in [5, 5.41) is 2.90. The molecular weight excluding hydrogens is 228 g/mol. The lowest BCUT2D eigenvalue weighted by Gasteiger charge is -2.11. The minimum absolute atomic E-state index is 0.00259. The second-order valence-electron chi connectivity index (χ2n) is 4.82. The van der Waals surface area contributed by atoms with Gasteiger partial charge in [0.05, 0.1) is 12.5 Å². The van der Waals surface area contributed by atoms with E-state index in [9.17, 15) is 4.79 Å². The van der Waals surface area contributed by atoms with E-state index in [0.717, 1.165) is 30.6 Å². The number of ether oxygens (including phenoxy) is 1. The fourth-order valence-electron chi connectivity index (χ4n) is 2.16. The van der Waals surface area contributed by atoms with Gasteiger partial charge in [-0.25, -0.2) is 0 Å². The van der Waals surface area contributed by atoms with Crippen LogP contribution < -0.4 is 11.1 Å².